The van der Waals surface area contributed by atoms with Gasteiger partial charge in [0.1, 0.15) is 0 Å². The van der Waals surface area contributed by atoms with E-state index in [9.17, 15) is 0 Å². The number of epoxide rings is 1. The van der Waals surface area contributed by atoms with Crippen LogP contribution in [0.4, 0.5) is 0 Å². The van der Waals surface area contributed by atoms with E-state index in [1.54, 1.807) is 0 Å². The summed E-state index contributed by atoms with van der Waals surface area (Å²) in [5, 5.41) is 0. The van der Waals surface area contributed by atoms with Crippen molar-refractivity contribution in [1.29, 1.82) is 0 Å². The molecule has 1 atom stereocenters. The first-order chi connectivity index (χ1) is 4.77. The van der Waals surface area contributed by atoms with Crippen LogP contribution in [0.5, 0.6) is 0 Å². The Morgan fingerprint density at radius 2 is 2.00 bits per heavy atom. The van der Waals surface area contributed by atoms with Crippen LogP contribution >= 0.6 is 0 Å². The number of unbranched alkanes of at least 4 members (excludes halogenated alkanes) is 3. The van der Waals surface area contributed by atoms with Gasteiger partial charge in [-0.1, -0.05) is 32.6 Å². The Bertz CT molecular complexity index is 94.9. The van der Waals surface area contributed by atoms with E-state index < -0.39 is 0 Å². The van der Waals surface area contributed by atoms with E-state index in [1.807, 2.05) is 0 Å². The number of hydrogen-bond donors (Lipinski definition) is 0. The summed E-state index contributed by atoms with van der Waals surface area (Å²) >= 11 is 0. The standard InChI is InChI=1S/C9H18O/c1-3-4-5-6-7-9(2)8-10-9/h3-8H2,1-2H3/t9-/m0/s1. The Morgan fingerprint density at radius 1 is 1.30 bits per heavy atom. The van der Waals surface area contributed by atoms with Crippen molar-refractivity contribution in [3.8, 4) is 0 Å². The molecule has 0 N–H and O–H groups in total. The fourth-order valence-corrected chi connectivity index (χ4v) is 1.19. The molecule has 0 radical (unpaired) electrons. The van der Waals surface area contributed by atoms with E-state index in [0.717, 1.165) is 6.61 Å². The molecule has 0 amide bonds. The second-order valence-corrected chi connectivity index (χ2v) is 3.55. The van der Waals surface area contributed by atoms with Gasteiger partial charge >= 0.3 is 0 Å². The molecular formula is C9H18O. The van der Waals surface area contributed by atoms with Crippen LogP contribution in [0.15, 0.2) is 0 Å². The van der Waals surface area contributed by atoms with Gasteiger partial charge in [-0.15, -0.1) is 0 Å². The monoisotopic (exact) mass is 142 g/mol. The summed E-state index contributed by atoms with van der Waals surface area (Å²) < 4.78 is 5.28. The van der Waals surface area contributed by atoms with Crippen LogP contribution in [0.3, 0.4) is 0 Å². The summed E-state index contributed by atoms with van der Waals surface area (Å²) in [5.41, 5.74) is 0.299. The minimum absolute atomic E-state index is 0.299. The Balaban J connectivity index is 1.86. The normalized spacial score (nSPS) is 30.6. The summed E-state index contributed by atoms with van der Waals surface area (Å²) in [5.74, 6) is 0. The van der Waals surface area contributed by atoms with Crippen molar-refractivity contribution in [2.45, 2.75) is 51.6 Å². The molecule has 1 aliphatic heterocycles. The van der Waals surface area contributed by atoms with Crippen LogP contribution < -0.4 is 0 Å². The molecule has 1 aliphatic rings. The van der Waals surface area contributed by atoms with Crippen LogP contribution in [0.2, 0.25) is 0 Å². The van der Waals surface area contributed by atoms with Gasteiger partial charge in [0.15, 0.2) is 0 Å². The highest BCUT2D eigenvalue weighted by Crippen LogP contribution is 2.31. The van der Waals surface area contributed by atoms with Crippen molar-refractivity contribution in [3.63, 3.8) is 0 Å². The van der Waals surface area contributed by atoms with Gasteiger partial charge in [0, 0.05) is 0 Å². The van der Waals surface area contributed by atoms with E-state index in [2.05, 4.69) is 13.8 Å². The molecule has 10 heavy (non-hydrogen) atoms. The average Bonchev–Trinajstić information content (AvgIpc) is 2.62. The Morgan fingerprint density at radius 3 is 2.50 bits per heavy atom. The molecule has 0 spiro atoms. The van der Waals surface area contributed by atoms with Crippen LogP contribution in [0, 0.1) is 0 Å². The van der Waals surface area contributed by atoms with Gasteiger partial charge in [-0.25, -0.2) is 0 Å². The summed E-state index contributed by atoms with van der Waals surface area (Å²) in [6, 6.07) is 0. The zero-order valence-corrected chi connectivity index (χ0v) is 7.15. The van der Waals surface area contributed by atoms with E-state index in [-0.39, 0.29) is 0 Å². The molecule has 1 nitrogen and oxygen atoms in total. The second kappa shape index (κ2) is 3.38. The molecule has 1 saturated heterocycles. The van der Waals surface area contributed by atoms with E-state index in [1.165, 1.54) is 32.1 Å². The highest BCUT2D eigenvalue weighted by Gasteiger charge is 2.37. The molecule has 1 rings (SSSR count). The molecule has 0 aromatic rings. The van der Waals surface area contributed by atoms with Crippen molar-refractivity contribution in [3.05, 3.63) is 0 Å². The van der Waals surface area contributed by atoms with E-state index >= 15 is 0 Å². The molecule has 1 heteroatoms. The minimum atomic E-state index is 0.299. The zero-order valence-electron chi connectivity index (χ0n) is 7.15. The maximum absolute atomic E-state index is 5.28. The van der Waals surface area contributed by atoms with Gasteiger partial charge in [0.05, 0.1) is 12.2 Å². The Hall–Kier alpha value is -0.0400. The molecular weight excluding hydrogens is 124 g/mol. The van der Waals surface area contributed by atoms with Gasteiger partial charge in [-0.05, 0) is 13.3 Å². The van der Waals surface area contributed by atoms with Gasteiger partial charge < -0.3 is 4.74 Å². The first-order valence-electron chi connectivity index (χ1n) is 4.41. The minimum Gasteiger partial charge on any atom is -0.370 e. The Kier molecular flexibility index (Phi) is 2.72. The van der Waals surface area contributed by atoms with E-state index in [4.69, 9.17) is 4.74 Å². The van der Waals surface area contributed by atoms with Crippen LogP contribution in [0.25, 0.3) is 0 Å². The summed E-state index contributed by atoms with van der Waals surface area (Å²) in [6.45, 7) is 5.45. The summed E-state index contributed by atoms with van der Waals surface area (Å²) in [4.78, 5) is 0. The first-order valence-corrected chi connectivity index (χ1v) is 4.41. The molecule has 0 aliphatic carbocycles. The van der Waals surface area contributed by atoms with Crippen molar-refractivity contribution in [2.24, 2.45) is 0 Å². The van der Waals surface area contributed by atoms with Crippen molar-refractivity contribution < 1.29 is 4.74 Å². The predicted molar refractivity (Wildman–Crippen MR) is 43.1 cm³/mol. The number of hydrogen-bond acceptors (Lipinski definition) is 1. The molecule has 1 fully saturated rings. The fraction of sp³-hybridized carbons (Fsp3) is 1.00. The number of rotatable bonds is 5. The van der Waals surface area contributed by atoms with Gasteiger partial charge in [0.25, 0.3) is 0 Å². The molecule has 60 valence electrons. The SMILES string of the molecule is CCCCCC[C@@]1(C)CO1. The van der Waals surface area contributed by atoms with Gasteiger partial charge in [-0.2, -0.15) is 0 Å². The smallest absolute Gasteiger partial charge is 0.0888 e. The molecule has 0 aromatic carbocycles. The molecule has 0 aromatic heterocycles. The summed E-state index contributed by atoms with van der Waals surface area (Å²) in [6.07, 6.45) is 6.72. The van der Waals surface area contributed by atoms with Crippen LogP contribution in [0.1, 0.15) is 46.0 Å². The summed E-state index contributed by atoms with van der Waals surface area (Å²) in [7, 11) is 0. The van der Waals surface area contributed by atoms with Crippen LogP contribution in [-0.4, -0.2) is 12.2 Å². The molecule has 1 heterocycles. The third kappa shape index (κ3) is 2.70. The van der Waals surface area contributed by atoms with E-state index in [0.29, 0.717) is 5.60 Å². The van der Waals surface area contributed by atoms with Crippen molar-refractivity contribution in [1.82, 2.24) is 0 Å². The molecule has 0 bridgehead atoms. The second-order valence-electron chi connectivity index (χ2n) is 3.55. The third-order valence-corrected chi connectivity index (χ3v) is 2.20. The third-order valence-electron chi connectivity index (χ3n) is 2.20. The maximum Gasteiger partial charge on any atom is 0.0888 e. The van der Waals surface area contributed by atoms with Crippen molar-refractivity contribution in [2.75, 3.05) is 6.61 Å². The fourth-order valence-electron chi connectivity index (χ4n) is 1.19. The average molecular weight is 142 g/mol. The predicted octanol–water partition coefficient (Wildman–Crippen LogP) is 2.75. The first kappa shape index (κ1) is 8.06. The lowest BCUT2D eigenvalue weighted by Gasteiger charge is -2.02. The lowest BCUT2D eigenvalue weighted by atomic mass is 10.0. The van der Waals surface area contributed by atoms with Gasteiger partial charge in [-0.3, -0.25) is 0 Å². The maximum atomic E-state index is 5.28. The molecule has 0 unspecified atom stereocenters. The largest absolute Gasteiger partial charge is 0.370 e. The zero-order chi connectivity index (χ0) is 7.45. The van der Waals surface area contributed by atoms with Crippen LogP contribution in [-0.2, 0) is 4.74 Å². The molecule has 0 saturated carbocycles. The lowest BCUT2D eigenvalue weighted by Crippen LogP contribution is -2.02. The van der Waals surface area contributed by atoms with Gasteiger partial charge in [0.2, 0.25) is 0 Å². The topological polar surface area (TPSA) is 12.5 Å². The Labute approximate surface area is 63.8 Å². The number of ether oxygens (including phenoxy) is 1. The lowest BCUT2D eigenvalue weighted by molar-refractivity contribution is 0.301. The quantitative estimate of drug-likeness (QED) is 0.425. The van der Waals surface area contributed by atoms with Crippen molar-refractivity contribution >= 4 is 0 Å². The highest BCUT2D eigenvalue weighted by atomic mass is 16.6. The highest BCUT2D eigenvalue weighted by molar-refractivity contribution is 4.86.